The SMILES string of the molecule is CC(O)c1ccc(SCC2CN(C)CCO2)cc1. The summed E-state index contributed by atoms with van der Waals surface area (Å²) in [5, 5.41) is 9.45. The largest absolute Gasteiger partial charge is 0.389 e. The second kappa shape index (κ2) is 6.57. The molecule has 100 valence electrons. The highest BCUT2D eigenvalue weighted by Gasteiger charge is 2.17. The van der Waals surface area contributed by atoms with E-state index in [0.717, 1.165) is 31.0 Å². The molecule has 0 saturated carbocycles. The maximum atomic E-state index is 9.45. The van der Waals surface area contributed by atoms with Crippen LogP contribution < -0.4 is 0 Å². The van der Waals surface area contributed by atoms with Crippen molar-refractivity contribution in [3.05, 3.63) is 29.8 Å². The molecule has 0 spiro atoms. The van der Waals surface area contributed by atoms with Gasteiger partial charge in [0.05, 0.1) is 18.8 Å². The van der Waals surface area contributed by atoms with E-state index in [0.29, 0.717) is 6.10 Å². The van der Waals surface area contributed by atoms with Crippen molar-refractivity contribution in [1.29, 1.82) is 0 Å². The van der Waals surface area contributed by atoms with Gasteiger partial charge in [-0.1, -0.05) is 12.1 Å². The molecule has 1 saturated heterocycles. The Balaban J connectivity index is 1.82. The minimum absolute atomic E-state index is 0.324. The minimum Gasteiger partial charge on any atom is -0.389 e. The summed E-state index contributed by atoms with van der Waals surface area (Å²) in [5.74, 6) is 0.984. The van der Waals surface area contributed by atoms with Gasteiger partial charge in [-0.05, 0) is 31.7 Å². The van der Waals surface area contributed by atoms with Crippen molar-refractivity contribution in [2.24, 2.45) is 0 Å². The van der Waals surface area contributed by atoms with Gasteiger partial charge < -0.3 is 14.7 Å². The summed E-state index contributed by atoms with van der Waals surface area (Å²) in [6.45, 7) is 4.67. The Bertz CT molecular complexity index is 367. The highest BCUT2D eigenvalue weighted by molar-refractivity contribution is 7.99. The molecule has 1 N–H and O–H groups in total. The van der Waals surface area contributed by atoms with E-state index in [1.165, 1.54) is 4.90 Å². The van der Waals surface area contributed by atoms with Crippen molar-refractivity contribution in [2.45, 2.75) is 24.0 Å². The first-order chi connectivity index (χ1) is 8.65. The molecule has 1 heterocycles. The van der Waals surface area contributed by atoms with Gasteiger partial charge in [0.25, 0.3) is 0 Å². The summed E-state index contributed by atoms with van der Waals surface area (Å²) in [4.78, 5) is 3.54. The standard InChI is InChI=1S/C14H21NO2S/c1-11(16)12-3-5-14(6-4-12)18-10-13-9-15(2)7-8-17-13/h3-6,11,13,16H,7-10H2,1-2H3. The summed E-state index contributed by atoms with van der Waals surface area (Å²) in [6, 6.07) is 8.11. The predicted octanol–water partition coefficient (Wildman–Crippen LogP) is 2.16. The van der Waals surface area contributed by atoms with Crippen LogP contribution in [-0.4, -0.2) is 48.6 Å². The normalized spacial score (nSPS) is 22.9. The molecule has 0 radical (unpaired) electrons. The minimum atomic E-state index is -0.389. The van der Waals surface area contributed by atoms with Gasteiger partial charge >= 0.3 is 0 Å². The zero-order chi connectivity index (χ0) is 13.0. The molecule has 1 aromatic rings. The molecular formula is C14H21NO2S. The van der Waals surface area contributed by atoms with Gasteiger partial charge in [0.2, 0.25) is 0 Å². The van der Waals surface area contributed by atoms with Crippen molar-refractivity contribution in [2.75, 3.05) is 32.5 Å². The molecule has 4 heteroatoms. The Hall–Kier alpha value is -0.550. The third-order valence-electron chi connectivity index (χ3n) is 3.14. The Labute approximate surface area is 113 Å². The lowest BCUT2D eigenvalue weighted by molar-refractivity contribution is -0.00598. The summed E-state index contributed by atoms with van der Waals surface area (Å²) in [5.41, 5.74) is 0.966. The molecule has 0 amide bonds. The van der Waals surface area contributed by atoms with Crippen LogP contribution in [0, 0.1) is 0 Å². The first-order valence-electron chi connectivity index (χ1n) is 6.36. The maximum Gasteiger partial charge on any atom is 0.0796 e. The predicted molar refractivity (Wildman–Crippen MR) is 75.0 cm³/mol. The molecule has 2 atom stereocenters. The van der Waals surface area contributed by atoms with Gasteiger partial charge in [-0.25, -0.2) is 0 Å². The number of morpholine rings is 1. The van der Waals surface area contributed by atoms with Gasteiger partial charge in [-0.3, -0.25) is 0 Å². The number of aliphatic hydroxyl groups is 1. The molecule has 1 aromatic carbocycles. The van der Waals surface area contributed by atoms with Gasteiger partial charge in [0.1, 0.15) is 0 Å². The molecule has 0 bridgehead atoms. The number of thioether (sulfide) groups is 1. The number of ether oxygens (including phenoxy) is 1. The quantitative estimate of drug-likeness (QED) is 0.848. The number of rotatable bonds is 4. The van der Waals surface area contributed by atoms with Gasteiger partial charge in [0.15, 0.2) is 0 Å². The van der Waals surface area contributed by atoms with E-state index >= 15 is 0 Å². The summed E-state index contributed by atoms with van der Waals surface area (Å²) in [6.07, 6.45) is -0.0652. The summed E-state index contributed by atoms with van der Waals surface area (Å²) >= 11 is 1.82. The zero-order valence-electron chi connectivity index (χ0n) is 11.0. The molecular weight excluding hydrogens is 246 g/mol. The van der Waals surface area contributed by atoms with E-state index in [1.54, 1.807) is 6.92 Å². The highest BCUT2D eigenvalue weighted by atomic mass is 32.2. The van der Waals surface area contributed by atoms with Crippen molar-refractivity contribution < 1.29 is 9.84 Å². The third kappa shape index (κ3) is 3.99. The maximum absolute atomic E-state index is 9.45. The Morgan fingerprint density at radius 1 is 1.44 bits per heavy atom. The van der Waals surface area contributed by atoms with E-state index in [9.17, 15) is 5.11 Å². The monoisotopic (exact) mass is 267 g/mol. The smallest absolute Gasteiger partial charge is 0.0796 e. The van der Waals surface area contributed by atoms with Crippen LogP contribution in [0.25, 0.3) is 0 Å². The number of hydrogen-bond donors (Lipinski definition) is 1. The molecule has 2 unspecified atom stereocenters. The van der Waals surface area contributed by atoms with Crippen LogP contribution in [0.15, 0.2) is 29.2 Å². The van der Waals surface area contributed by atoms with Gasteiger partial charge in [0, 0.05) is 23.7 Å². The van der Waals surface area contributed by atoms with Gasteiger partial charge in [-0.15, -0.1) is 11.8 Å². The average molecular weight is 267 g/mol. The molecule has 0 aromatic heterocycles. The van der Waals surface area contributed by atoms with Gasteiger partial charge in [-0.2, -0.15) is 0 Å². The Morgan fingerprint density at radius 3 is 2.78 bits per heavy atom. The number of aliphatic hydroxyl groups excluding tert-OH is 1. The fourth-order valence-electron chi connectivity index (χ4n) is 2.00. The first kappa shape index (κ1) is 13.9. The van der Waals surface area contributed by atoms with Crippen LogP contribution >= 0.6 is 11.8 Å². The van der Waals surface area contributed by atoms with Crippen LogP contribution in [0.2, 0.25) is 0 Å². The van der Waals surface area contributed by atoms with Crippen molar-refractivity contribution in [3.8, 4) is 0 Å². The molecule has 3 nitrogen and oxygen atoms in total. The van der Waals surface area contributed by atoms with Crippen LogP contribution in [0.3, 0.4) is 0 Å². The topological polar surface area (TPSA) is 32.7 Å². The second-order valence-electron chi connectivity index (χ2n) is 4.81. The van der Waals surface area contributed by atoms with E-state index in [-0.39, 0.29) is 6.10 Å². The highest BCUT2D eigenvalue weighted by Crippen LogP contribution is 2.23. The molecule has 2 rings (SSSR count). The fourth-order valence-corrected chi connectivity index (χ4v) is 2.91. The molecule has 18 heavy (non-hydrogen) atoms. The lowest BCUT2D eigenvalue weighted by Gasteiger charge is -2.29. The number of likely N-dealkylation sites (N-methyl/N-ethyl adjacent to an activating group) is 1. The van der Waals surface area contributed by atoms with Crippen molar-refractivity contribution in [3.63, 3.8) is 0 Å². The number of hydrogen-bond acceptors (Lipinski definition) is 4. The first-order valence-corrected chi connectivity index (χ1v) is 7.34. The summed E-state index contributed by atoms with van der Waals surface area (Å²) in [7, 11) is 2.14. The van der Waals surface area contributed by atoms with E-state index in [1.807, 2.05) is 23.9 Å². The molecule has 1 aliphatic rings. The van der Waals surface area contributed by atoms with Crippen molar-refractivity contribution >= 4 is 11.8 Å². The number of nitrogens with zero attached hydrogens (tertiary/aromatic N) is 1. The lowest BCUT2D eigenvalue weighted by Crippen LogP contribution is -2.41. The molecule has 0 aliphatic carbocycles. The zero-order valence-corrected chi connectivity index (χ0v) is 11.8. The van der Waals surface area contributed by atoms with E-state index < -0.39 is 0 Å². The van der Waals surface area contributed by atoms with Crippen LogP contribution in [0.5, 0.6) is 0 Å². The Kier molecular flexibility index (Phi) is 5.06. The fraction of sp³-hybridized carbons (Fsp3) is 0.571. The third-order valence-corrected chi connectivity index (χ3v) is 4.28. The Morgan fingerprint density at radius 2 is 2.17 bits per heavy atom. The molecule has 1 fully saturated rings. The van der Waals surface area contributed by atoms with Crippen LogP contribution in [-0.2, 0) is 4.74 Å². The lowest BCUT2D eigenvalue weighted by atomic mass is 10.1. The summed E-state index contributed by atoms with van der Waals surface area (Å²) < 4.78 is 5.73. The van der Waals surface area contributed by atoms with Crippen LogP contribution in [0.1, 0.15) is 18.6 Å². The number of benzene rings is 1. The molecule has 1 aliphatic heterocycles. The van der Waals surface area contributed by atoms with Crippen LogP contribution in [0.4, 0.5) is 0 Å². The average Bonchev–Trinajstić information content (AvgIpc) is 2.37. The van der Waals surface area contributed by atoms with E-state index in [2.05, 4.69) is 24.1 Å². The van der Waals surface area contributed by atoms with Crippen molar-refractivity contribution in [1.82, 2.24) is 4.90 Å². The van der Waals surface area contributed by atoms with E-state index in [4.69, 9.17) is 4.74 Å². The second-order valence-corrected chi connectivity index (χ2v) is 5.90.